The fourth-order valence-electron chi connectivity index (χ4n) is 4.35. The second-order valence-electron chi connectivity index (χ2n) is 8.07. The van der Waals surface area contributed by atoms with Crippen LogP contribution in [0.3, 0.4) is 0 Å². The maximum absolute atomic E-state index is 13.6. The lowest BCUT2D eigenvalue weighted by Gasteiger charge is -2.31. The number of nitrogens with two attached hydrogens (primary N) is 1. The van der Waals surface area contributed by atoms with Crippen molar-refractivity contribution in [3.63, 3.8) is 0 Å². The van der Waals surface area contributed by atoms with Crippen molar-refractivity contribution >= 4 is 33.8 Å². The van der Waals surface area contributed by atoms with E-state index in [0.29, 0.717) is 23.3 Å². The Morgan fingerprint density at radius 3 is 2.94 bits per heavy atom. The largest absolute Gasteiger partial charge is 0.586 e. The van der Waals surface area contributed by atoms with E-state index in [1.807, 2.05) is 6.92 Å². The molecule has 9 nitrogen and oxygen atoms in total. The van der Waals surface area contributed by atoms with Crippen molar-refractivity contribution in [1.82, 2.24) is 29.5 Å². The Bertz CT molecular complexity index is 1390. The molecule has 1 unspecified atom stereocenters. The van der Waals surface area contributed by atoms with Crippen molar-refractivity contribution in [3.05, 3.63) is 33.5 Å². The monoisotopic (exact) mass is 459 g/mol. The van der Waals surface area contributed by atoms with Crippen LogP contribution in [0.25, 0.3) is 16.6 Å². The van der Waals surface area contributed by atoms with E-state index in [0.717, 1.165) is 30.2 Å². The average Bonchev–Trinajstić information content (AvgIpc) is 3.40. The molecule has 1 aromatic carbocycles. The summed E-state index contributed by atoms with van der Waals surface area (Å²) < 4.78 is 37.7. The zero-order valence-electron chi connectivity index (χ0n) is 17.3. The number of thiazole rings is 1. The van der Waals surface area contributed by atoms with Crippen LogP contribution in [0.1, 0.15) is 28.3 Å². The summed E-state index contributed by atoms with van der Waals surface area (Å²) >= 11 is 1.77. The number of halogens is 2. The lowest BCUT2D eigenvalue weighted by Crippen LogP contribution is -2.38. The molecule has 1 atom stereocenters. The number of benzene rings is 1. The Kier molecular flexibility index (Phi) is 4.09. The summed E-state index contributed by atoms with van der Waals surface area (Å²) in [4.78, 5) is 17.3. The lowest BCUT2D eigenvalue weighted by atomic mass is 10.1. The smallest absolute Gasteiger partial charge is 0.395 e. The molecule has 3 aromatic heterocycles. The van der Waals surface area contributed by atoms with Gasteiger partial charge < -0.3 is 15.2 Å². The highest BCUT2D eigenvalue weighted by molar-refractivity contribution is 7.11. The van der Waals surface area contributed by atoms with Crippen molar-refractivity contribution < 1.29 is 18.3 Å². The van der Waals surface area contributed by atoms with Crippen molar-refractivity contribution in [3.8, 4) is 11.5 Å². The highest BCUT2D eigenvalue weighted by Crippen LogP contribution is 2.45. The molecule has 0 fully saturated rings. The minimum atomic E-state index is -3.74. The molecule has 2 aliphatic rings. The zero-order valence-corrected chi connectivity index (χ0v) is 18.1. The fraction of sp³-hybridized carbons (Fsp3) is 0.400. The van der Waals surface area contributed by atoms with Crippen LogP contribution < -0.4 is 15.2 Å². The summed E-state index contributed by atoms with van der Waals surface area (Å²) in [5.41, 5.74) is 7.83. The Morgan fingerprint density at radius 1 is 1.25 bits per heavy atom. The second-order valence-corrected chi connectivity index (χ2v) is 9.35. The first kappa shape index (κ1) is 19.6. The molecule has 0 bridgehead atoms. The SMILES string of the molecule is Cc1nc2c(s1)CCN(C(C)Cc1nc3c4ccc5c(c4nc(N)n3n1)OC(F)(F)O5)C2. The van der Waals surface area contributed by atoms with Crippen molar-refractivity contribution in [2.24, 2.45) is 0 Å². The third-order valence-corrected chi connectivity index (χ3v) is 6.92. The minimum absolute atomic E-state index is 0.0340. The van der Waals surface area contributed by atoms with Gasteiger partial charge in [-0.3, -0.25) is 4.90 Å². The van der Waals surface area contributed by atoms with Crippen LogP contribution in [0.2, 0.25) is 0 Å². The number of hydrogen-bond donors (Lipinski definition) is 1. The number of aromatic nitrogens is 5. The van der Waals surface area contributed by atoms with Gasteiger partial charge in [-0.2, -0.15) is 4.52 Å². The lowest BCUT2D eigenvalue weighted by molar-refractivity contribution is -0.286. The van der Waals surface area contributed by atoms with Crippen LogP contribution in [-0.4, -0.2) is 48.3 Å². The fourth-order valence-corrected chi connectivity index (χ4v) is 5.28. The molecule has 0 amide bonds. The number of anilines is 1. The van der Waals surface area contributed by atoms with Gasteiger partial charge in [-0.05, 0) is 32.4 Å². The van der Waals surface area contributed by atoms with E-state index in [2.05, 4.69) is 41.3 Å². The van der Waals surface area contributed by atoms with Gasteiger partial charge in [0.2, 0.25) is 5.95 Å². The molecule has 6 rings (SSSR count). The van der Waals surface area contributed by atoms with Crippen molar-refractivity contribution in [2.75, 3.05) is 12.3 Å². The maximum atomic E-state index is 13.6. The molecule has 0 radical (unpaired) electrons. The molecule has 4 aromatic rings. The third-order valence-electron chi connectivity index (χ3n) is 5.85. The quantitative estimate of drug-likeness (QED) is 0.499. The highest BCUT2D eigenvalue weighted by atomic mass is 32.1. The van der Waals surface area contributed by atoms with Crippen LogP contribution in [0.5, 0.6) is 11.5 Å². The molecule has 32 heavy (non-hydrogen) atoms. The van der Waals surface area contributed by atoms with E-state index in [9.17, 15) is 8.78 Å². The van der Waals surface area contributed by atoms with Crippen LogP contribution >= 0.6 is 11.3 Å². The summed E-state index contributed by atoms with van der Waals surface area (Å²) in [6.07, 6.45) is -2.15. The zero-order chi connectivity index (χ0) is 22.2. The molecule has 0 saturated carbocycles. The Labute approximate surface area is 184 Å². The summed E-state index contributed by atoms with van der Waals surface area (Å²) in [5, 5.41) is 6.13. The topological polar surface area (TPSA) is 104 Å². The van der Waals surface area contributed by atoms with Crippen LogP contribution in [-0.2, 0) is 19.4 Å². The number of nitrogens with zero attached hydrogens (tertiary/aromatic N) is 6. The van der Waals surface area contributed by atoms with Gasteiger partial charge in [-0.15, -0.1) is 25.2 Å². The molecule has 0 spiro atoms. The summed E-state index contributed by atoms with van der Waals surface area (Å²) in [6, 6.07) is 3.20. The number of hydrogen-bond acceptors (Lipinski definition) is 9. The normalized spacial score (nSPS) is 18.4. The van der Waals surface area contributed by atoms with Gasteiger partial charge >= 0.3 is 6.29 Å². The van der Waals surface area contributed by atoms with Gasteiger partial charge in [0.25, 0.3) is 0 Å². The van der Waals surface area contributed by atoms with E-state index < -0.39 is 6.29 Å². The minimum Gasteiger partial charge on any atom is -0.395 e. The van der Waals surface area contributed by atoms with Crippen LogP contribution in [0.4, 0.5) is 14.7 Å². The molecule has 2 N–H and O–H groups in total. The molecule has 5 heterocycles. The molecule has 12 heteroatoms. The standard InChI is InChI=1S/C20H19F2N7O2S/c1-9(28-6-5-14-12(8-28)24-10(2)32-14)7-15-25-18-11-3-4-13-17(31-20(21,22)30-13)16(11)26-19(23)29(18)27-15/h3-4,9H,5-8H2,1-2H3,(H2,23,26). The van der Waals surface area contributed by atoms with E-state index in [-0.39, 0.29) is 29.0 Å². The Balaban J connectivity index is 1.32. The van der Waals surface area contributed by atoms with Crippen LogP contribution in [0.15, 0.2) is 12.1 Å². The van der Waals surface area contributed by atoms with Gasteiger partial charge in [-0.1, -0.05) is 0 Å². The Morgan fingerprint density at radius 2 is 2.09 bits per heavy atom. The first-order chi connectivity index (χ1) is 15.3. The van der Waals surface area contributed by atoms with E-state index in [4.69, 9.17) is 5.73 Å². The van der Waals surface area contributed by atoms with E-state index in [1.165, 1.54) is 15.5 Å². The third kappa shape index (κ3) is 3.05. The number of ether oxygens (including phenoxy) is 2. The van der Waals surface area contributed by atoms with Crippen LogP contribution in [0, 0.1) is 6.92 Å². The predicted octanol–water partition coefficient (Wildman–Crippen LogP) is 2.94. The average molecular weight is 459 g/mol. The summed E-state index contributed by atoms with van der Waals surface area (Å²) in [7, 11) is 0. The molecule has 2 aliphatic heterocycles. The molecule has 0 aliphatic carbocycles. The summed E-state index contributed by atoms with van der Waals surface area (Å²) in [5.74, 6) is 0.393. The van der Waals surface area contributed by atoms with Gasteiger partial charge in [-0.25, -0.2) is 15.0 Å². The van der Waals surface area contributed by atoms with Crippen molar-refractivity contribution in [1.29, 1.82) is 0 Å². The first-order valence-electron chi connectivity index (χ1n) is 10.2. The molecular weight excluding hydrogens is 440 g/mol. The maximum Gasteiger partial charge on any atom is 0.586 e. The molecular formula is C20H19F2N7O2S. The number of nitrogen functional groups attached to an aromatic ring is 1. The molecule has 166 valence electrons. The first-order valence-corrected chi connectivity index (χ1v) is 11.0. The van der Waals surface area contributed by atoms with E-state index in [1.54, 1.807) is 17.4 Å². The summed E-state index contributed by atoms with van der Waals surface area (Å²) in [6.45, 7) is 5.93. The highest BCUT2D eigenvalue weighted by Gasteiger charge is 2.45. The number of alkyl halides is 2. The number of fused-ring (bicyclic) bond motifs is 6. The van der Waals surface area contributed by atoms with Gasteiger partial charge in [0.1, 0.15) is 5.52 Å². The van der Waals surface area contributed by atoms with Gasteiger partial charge in [0, 0.05) is 35.8 Å². The van der Waals surface area contributed by atoms with Gasteiger partial charge in [0.05, 0.1) is 10.7 Å². The van der Waals surface area contributed by atoms with Crippen molar-refractivity contribution in [2.45, 2.75) is 45.6 Å². The predicted molar refractivity (Wildman–Crippen MR) is 113 cm³/mol. The number of rotatable bonds is 3. The van der Waals surface area contributed by atoms with Gasteiger partial charge in [0.15, 0.2) is 23.0 Å². The molecule has 0 saturated heterocycles. The second kappa shape index (κ2) is 6.69. The Hall–Kier alpha value is -3.12. The van der Waals surface area contributed by atoms with E-state index >= 15 is 0 Å². The number of aryl methyl sites for hydroxylation is 1.